The van der Waals surface area contributed by atoms with Gasteiger partial charge in [0, 0.05) is 5.92 Å². The van der Waals surface area contributed by atoms with E-state index in [1.54, 1.807) is 0 Å². The molecule has 0 saturated heterocycles. The summed E-state index contributed by atoms with van der Waals surface area (Å²) in [4.78, 5) is 19.9. The van der Waals surface area contributed by atoms with Crippen molar-refractivity contribution in [2.75, 3.05) is 0 Å². The summed E-state index contributed by atoms with van der Waals surface area (Å²) in [6.07, 6.45) is 7.06. The molecule has 1 aliphatic rings. The summed E-state index contributed by atoms with van der Waals surface area (Å²) < 4.78 is 0.766. The van der Waals surface area contributed by atoms with Crippen LogP contribution in [0.2, 0.25) is 0 Å². The molecule has 0 aromatic carbocycles. The first-order chi connectivity index (χ1) is 9.51. The van der Waals surface area contributed by atoms with Gasteiger partial charge in [-0.2, -0.15) is 0 Å². The number of hydrogen-bond donors (Lipinski definition) is 1. The minimum atomic E-state index is 0.0452. The first-order valence-corrected chi connectivity index (χ1v) is 8.87. The zero-order valence-electron chi connectivity index (χ0n) is 12.7. The molecule has 20 heavy (non-hydrogen) atoms. The molecular weight excluding hydrogens is 363 g/mol. The highest BCUT2D eigenvalue weighted by Gasteiger charge is 2.24. The summed E-state index contributed by atoms with van der Waals surface area (Å²) in [6, 6.07) is 0. The Hall–Kier alpha value is -0.390. The van der Waals surface area contributed by atoms with Crippen molar-refractivity contribution in [2.24, 2.45) is 11.8 Å². The lowest BCUT2D eigenvalue weighted by atomic mass is 9.80. The van der Waals surface area contributed by atoms with Gasteiger partial charge in [-0.15, -0.1) is 0 Å². The van der Waals surface area contributed by atoms with E-state index >= 15 is 0 Å². The molecule has 1 aromatic heterocycles. The van der Waals surface area contributed by atoms with Gasteiger partial charge in [-0.25, -0.2) is 4.98 Å². The van der Waals surface area contributed by atoms with Crippen LogP contribution in [0.4, 0.5) is 0 Å². The Kier molecular flexibility index (Phi) is 5.64. The minimum absolute atomic E-state index is 0.0452. The highest BCUT2D eigenvalue weighted by Crippen LogP contribution is 2.35. The Morgan fingerprint density at radius 1 is 1.30 bits per heavy atom. The molecule has 0 bridgehead atoms. The average molecular weight is 388 g/mol. The quantitative estimate of drug-likeness (QED) is 0.784. The summed E-state index contributed by atoms with van der Waals surface area (Å²) in [7, 11) is 0. The highest BCUT2D eigenvalue weighted by molar-refractivity contribution is 14.1. The smallest absolute Gasteiger partial charge is 0.264 e. The third-order valence-electron chi connectivity index (χ3n) is 4.36. The molecule has 1 fully saturated rings. The molecule has 0 radical (unpaired) electrons. The molecular formula is C16H25IN2O. The largest absolute Gasteiger partial charge is 0.309 e. The van der Waals surface area contributed by atoms with E-state index in [9.17, 15) is 4.79 Å². The van der Waals surface area contributed by atoms with E-state index in [0.29, 0.717) is 11.8 Å². The third kappa shape index (κ3) is 3.83. The normalized spacial score (nSPS) is 23.2. The molecule has 0 amide bonds. The zero-order chi connectivity index (χ0) is 14.7. The van der Waals surface area contributed by atoms with E-state index in [1.807, 2.05) is 0 Å². The second-order valence-corrected chi connectivity index (χ2v) is 7.51. The van der Waals surface area contributed by atoms with Gasteiger partial charge < -0.3 is 4.98 Å². The molecule has 0 unspecified atom stereocenters. The fraction of sp³-hybridized carbons (Fsp3) is 0.750. The van der Waals surface area contributed by atoms with Gasteiger partial charge in [-0.05, 0) is 66.5 Å². The summed E-state index contributed by atoms with van der Waals surface area (Å²) >= 11 is 2.13. The Labute approximate surface area is 135 Å². The van der Waals surface area contributed by atoms with Gasteiger partial charge in [-0.3, -0.25) is 4.79 Å². The second kappa shape index (κ2) is 7.05. The lowest BCUT2D eigenvalue weighted by molar-refractivity contribution is 0.311. The van der Waals surface area contributed by atoms with Crippen LogP contribution >= 0.6 is 22.6 Å². The van der Waals surface area contributed by atoms with Crippen LogP contribution in [0.25, 0.3) is 0 Å². The average Bonchev–Trinajstić information content (AvgIpc) is 2.43. The van der Waals surface area contributed by atoms with Crippen LogP contribution in [0.5, 0.6) is 0 Å². The molecule has 112 valence electrons. The summed E-state index contributed by atoms with van der Waals surface area (Å²) in [5, 5.41) is 0. The highest BCUT2D eigenvalue weighted by atomic mass is 127. The van der Waals surface area contributed by atoms with Crippen LogP contribution in [0.15, 0.2) is 4.79 Å². The molecule has 0 aliphatic heterocycles. The van der Waals surface area contributed by atoms with Gasteiger partial charge in [0.1, 0.15) is 5.82 Å². The molecule has 1 saturated carbocycles. The van der Waals surface area contributed by atoms with Gasteiger partial charge in [0.2, 0.25) is 0 Å². The molecule has 1 heterocycles. The van der Waals surface area contributed by atoms with Crippen molar-refractivity contribution in [2.45, 2.75) is 65.2 Å². The van der Waals surface area contributed by atoms with Crippen LogP contribution in [0.3, 0.4) is 0 Å². The van der Waals surface area contributed by atoms with Crippen molar-refractivity contribution >= 4 is 22.6 Å². The van der Waals surface area contributed by atoms with Gasteiger partial charge in [0.05, 0.1) is 9.26 Å². The van der Waals surface area contributed by atoms with Crippen molar-refractivity contribution in [1.82, 2.24) is 9.97 Å². The Bertz CT molecular complexity index is 502. The Morgan fingerprint density at radius 2 is 1.95 bits per heavy atom. The predicted molar refractivity (Wildman–Crippen MR) is 91.1 cm³/mol. The zero-order valence-corrected chi connectivity index (χ0v) is 14.9. The molecule has 2 rings (SSSR count). The number of H-pyrrole nitrogens is 1. The maximum Gasteiger partial charge on any atom is 0.264 e. The SMILES string of the molecule is CCC1CCC(c2nc(CC(C)C)c(I)c(=O)[nH]2)CC1. The van der Waals surface area contributed by atoms with Crippen LogP contribution in [0.1, 0.15) is 70.3 Å². The summed E-state index contributed by atoms with van der Waals surface area (Å²) in [5.74, 6) is 2.78. The van der Waals surface area contributed by atoms with Crippen LogP contribution in [0, 0.1) is 15.4 Å². The van der Waals surface area contributed by atoms with E-state index in [-0.39, 0.29) is 5.56 Å². The number of nitrogens with one attached hydrogen (secondary N) is 1. The van der Waals surface area contributed by atoms with E-state index in [2.05, 4.69) is 48.3 Å². The van der Waals surface area contributed by atoms with Gasteiger partial charge in [0.15, 0.2) is 0 Å². The van der Waals surface area contributed by atoms with Crippen LogP contribution in [-0.2, 0) is 6.42 Å². The fourth-order valence-electron chi connectivity index (χ4n) is 3.08. The standard InChI is InChI=1S/C16H25IN2O/c1-4-11-5-7-12(8-6-11)15-18-13(9-10(2)3)14(17)16(20)19-15/h10-12H,4-9H2,1-3H3,(H,18,19,20). The predicted octanol–water partition coefficient (Wildman–Crippen LogP) is 4.26. The number of halogens is 1. The summed E-state index contributed by atoms with van der Waals surface area (Å²) in [6.45, 7) is 6.62. The first kappa shape index (κ1) is 16.0. The van der Waals surface area contributed by atoms with Gasteiger partial charge >= 0.3 is 0 Å². The third-order valence-corrected chi connectivity index (χ3v) is 5.47. The van der Waals surface area contributed by atoms with Crippen molar-refractivity contribution in [3.05, 3.63) is 25.4 Å². The van der Waals surface area contributed by atoms with Crippen LogP contribution < -0.4 is 5.56 Å². The van der Waals surface area contributed by atoms with E-state index in [0.717, 1.165) is 27.4 Å². The van der Waals surface area contributed by atoms with Crippen molar-refractivity contribution in [3.63, 3.8) is 0 Å². The molecule has 1 aromatic rings. The summed E-state index contributed by atoms with van der Waals surface area (Å²) in [5.41, 5.74) is 1.03. The number of nitrogens with zero attached hydrogens (tertiary/aromatic N) is 1. The number of hydrogen-bond acceptors (Lipinski definition) is 2. The maximum atomic E-state index is 12.1. The number of rotatable bonds is 4. The molecule has 0 atom stereocenters. The number of aromatic nitrogens is 2. The van der Waals surface area contributed by atoms with E-state index < -0.39 is 0 Å². The molecule has 1 N–H and O–H groups in total. The van der Waals surface area contributed by atoms with E-state index in [1.165, 1.54) is 32.1 Å². The monoisotopic (exact) mass is 388 g/mol. The van der Waals surface area contributed by atoms with Crippen molar-refractivity contribution in [3.8, 4) is 0 Å². The van der Waals surface area contributed by atoms with Crippen molar-refractivity contribution in [1.29, 1.82) is 0 Å². The molecule has 3 nitrogen and oxygen atoms in total. The second-order valence-electron chi connectivity index (χ2n) is 6.44. The topological polar surface area (TPSA) is 45.8 Å². The Balaban J connectivity index is 2.20. The molecule has 4 heteroatoms. The lowest BCUT2D eigenvalue weighted by Crippen LogP contribution is -2.23. The minimum Gasteiger partial charge on any atom is -0.309 e. The molecule has 0 spiro atoms. The lowest BCUT2D eigenvalue weighted by Gasteiger charge is -2.27. The van der Waals surface area contributed by atoms with Gasteiger partial charge in [0.25, 0.3) is 5.56 Å². The van der Waals surface area contributed by atoms with E-state index in [4.69, 9.17) is 4.98 Å². The fourth-order valence-corrected chi connectivity index (χ4v) is 3.56. The maximum absolute atomic E-state index is 12.1. The number of aromatic amines is 1. The van der Waals surface area contributed by atoms with Crippen LogP contribution in [-0.4, -0.2) is 9.97 Å². The Morgan fingerprint density at radius 3 is 2.50 bits per heavy atom. The first-order valence-electron chi connectivity index (χ1n) is 7.79. The van der Waals surface area contributed by atoms with Gasteiger partial charge in [-0.1, -0.05) is 27.2 Å². The van der Waals surface area contributed by atoms with Crippen molar-refractivity contribution < 1.29 is 0 Å². The molecule has 1 aliphatic carbocycles.